The highest BCUT2D eigenvalue weighted by molar-refractivity contribution is 7.97. The van der Waals surface area contributed by atoms with Gasteiger partial charge in [-0.3, -0.25) is 4.79 Å². The third-order valence-corrected chi connectivity index (χ3v) is 8.59. The molecule has 3 N–H and O–H groups in total. The lowest BCUT2D eigenvalue weighted by Gasteiger charge is -2.31. The SMILES string of the molecule is CC(=O)c1c(-c2ccc(SNC(C)(C)C(C)(F)F)cc2)n(C2CCCCC2)c2ncc(C(C)(C)F)cc12.CN. The molecule has 0 atom stereocenters. The number of carbonyl (C=O) groups excluding carboxylic acids is 1. The van der Waals surface area contributed by atoms with Gasteiger partial charge in [-0.15, -0.1) is 0 Å². The van der Waals surface area contributed by atoms with Gasteiger partial charge in [0.2, 0.25) is 0 Å². The summed E-state index contributed by atoms with van der Waals surface area (Å²) < 4.78 is 47.7. The van der Waals surface area contributed by atoms with Crippen LogP contribution in [0.15, 0.2) is 41.4 Å². The molecule has 1 aromatic carbocycles. The van der Waals surface area contributed by atoms with Gasteiger partial charge in [0, 0.05) is 35.0 Å². The number of aromatic nitrogens is 2. The van der Waals surface area contributed by atoms with Crippen molar-refractivity contribution in [1.29, 1.82) is 0 Å². The molecular weight excluding hydrogens is 521 g/mol. The van der Waals surface area contributed by atoms with E-state index in [4.69, 9.17) is 4.98 Å². The molecule has 2 heterocycles. The maximum atomic E-state index is 14.9. The van der Waals surface area contributed by atoms with Gasteiger partial charge in [-0.1, -0.05) is 31.4 Å². The summed E-state index contributed by atoms with van der Waals surface area (Å²) in [5, 5.41) is 0.670. The lowest BCUT2D eigenvalue weighted by atomic mass is 9.94. The second-order valence-corrected chi connectivity index (χ2v) is 12.1. The summed E-state index contributed by atoms with van der Waals surface area (Å²) in [7, 11) is 1.50. The number of halogens is 3. The van der Waals surface area contributed by atoms with Crippen LogP contribution in [0.25, 0.3) is 22.3 Å². The van der Waals surface area contributed by atoms with E-state index in [0.717, 1.165) is 60.7 Å². The molecule has 0 unspecified atom stereocenters. The van der Waals surface area contributed by atoms with E-state index in [1.54, 1.807) is 12.3 Å². The minimum absolute atomic E-state index is 0.0998. The Kier molecular flexibility index (Phi) is 9.61. The molecule has 1 aliphatic carbocycles. The van der Waals surface area contributed by atoms with E-state index in [2.05, 4.69) is 15.0 Å². The Bertz CT molecular complexity index is 1280. The highest BCUT2D eigenvalue weighted by atomic mass is 32.2. The topological polar surface area (TPSA) is 72.9 Å². The molecule has 2 aromatic heterocycles. The first-order chi connectivity index (χ1) is 18.2. The maximum absolute atomic E-state index is 14.9. The number of rotatable bonds is 8. The number of nitrogens with zero attached hydrogens (tertiary/aromatic N) is 2. The van der Waals surface area contributed by atoms with Gasteiger partial charge >= 0.3 is 0 Å². The number of hydrogen-bond donors (Lipinski definition) is 2. The minimum Gasteiger partial charge on any atom is -0.333 e. The number of hydrogen-bond acceptors (Lipinski definition) is 5. The number of alkyl halides is 3. The van der Waals surface area contributed by atoms with Crippen molar-refractivity contribution in [2.45, 2.75) is 102 Å². The minimum atomic E-state index is -2.89. The van der Waals surface area contributed by atoms with Gasteiger partial charge in [0.15, 0.2) is 5.78 Å². The monoisotopic (exact) mass is 562 g/mol. The first-order valence-electron chi connectivity index (χ1n) is 13.4. The van der Waals surface area contributed by atoms with E-state index < -0.39 is 17.1 Å². The summed E-state index contributed by atoms with van der Waals surface area (Å²) in [6.07, 6.45) is 6.95. The third kappa shape index (κ3) is 6.69. The molecule has 0 bridgehead atoms. The van der Waals surface area contributed by atoms with Crippen LogP contribution in [0.5, 0.6) is 0 Å². The molecule has 0 radical (unpaired) electrons. The fourth-order valence-electron chi connectivity index (χ4n) is 4.80. The van der Waals surface area contributed by atoms with Crippen LogP contribution >= 0.6 is 11.9 Å². The molecule has 39 heavy (non-hydrogen) atoms. The molecule has 5 nitrogen and oxygen atoms in total. The summed E-state index contributed by atoms with van der Waals surface area (Å²) in [4.78, 5) is 18.5. The summed E-state index contributed by atoms with van der Waals surface area (Å²) >= 11 is 1.15. The Morgan fingerprint density at radius 3 is 2.13 bits per heavy atom. The molecule has 0 spiro atoms. The van der Waals surface area contributed by atoms with Crippen LogP contribution < -0.4 is 10.5 Å². The molecule has 0 saturated heterocycles. The molecule has 3 aromatic rings. The Morgan fingerprint density at radius 2 is 1.62 bits per heavy atom. The molecule has 1 fully saturated rings. The number of Topliss-reactive ketones (excluding diaryl/α,β-unsaturated/α-hetero) is 1. The van der Waals surface area contributed by atoms with Crippen LogP contribution in [0, 0.1) is 0 Å². The average molecular weight is 563 g/mol. The first kappa shape index (κ1) is 31.2. The Balaban J connectivity index is 0.00000205. The lowest BCUT2D eigenvalue weighted by molar-refractivity contribution is -0.0477. The zero-order valence-electron chi connectivity index (χ0n) is 24.0. The molecule has 9 heteroatoms. The van der Waals surface area contributed by atoms with Crippen molar-refractivity contribution in [1.82, 2.24) is 14.3 Å². The van der Waals surface area contributed by atoms with E-state index in [1.807, 2.05) is 24.3 Å². The van der Waals surface area contributed by atoms with Crippen LogP contribution in [0.3, 0.4) is 0 Å². The number of fused-ring (bicyclic) bond motifs is 1. The summed E-state index contributed by atoms with van der Waals surface area (Å²) in [5.41, 5.74) is 4.84. The van der Waals surface area contributed by atoms with Gasteiger partial charge < -0.3 is 10.3 Å². The quantitative estimate of drug-likeness (QED) is 0.214. The van der Waals surface area contributed by atoms with Crippen molar-refractivity contribution in [2.75, 3.05) is 7.05 Å². The third-order valence-electron chi connectivity index (χ3n) is 7.47. The number of ketones is 1. The lowest BCUT2D eigenvalue weighted by Crippen LogP contribution is -2.49. The maximum Gasteiger partial charge on any atom is 0.263 e. The molecule has 4 rings (SSSR count). The van der Waals surface area contributed by atoms with E-state index in [0.29, 0.717) is 22.2 Å². The molecule has 0 amide bonds. The smallest absolute Gasteiger partial charge is 0.263 e. The summed E-state index contributed by atoms with van der Waals surface area (Å²) in [5.74, 6) is -2.99. The van der Waals surface area contributed by atoms with E-state index in [-0.39, 0.29) is 11.8 Å². The predicted molar refractivity (Wildman–Crippen MR) is 155 cm³/mol. The van der Waals surface area contributed by atoms with Gasteiger partial charge in [-0.25, -0.2) is 22.9 Å². The first-order valence-corrected chi connectivity index (χ1v) is 14.3. The number of benzene rings is 1. The van der Waals surface area contributed by atoms with Crippen molar-refractivity contribution in [2.24, 2.45) is 5.73 Å². The fraction of sp³-hybridized carbons (Fsp3) is 0.533. The zero-order chi connectivity index (χ0) is 29.2. The van der Waals surface area contributed by atoms with Gasteiger partial charge in [0.25, 0.3) is 5.92 Å². The van der Waals surface area contributed by atoms with Crippen molar-refractivity contribution in [3.05, 3.63) is 47.7 Å². The fourth-order valence-corrected chi connectivity index (χ4v) is 5.63. The zero-order valence-corrected chi connectivity index (χ0v) is 24.8. The van der Waals surface area contributed by atoms with Crippen LogP contribution in [0.2, 0.25) is 0 Å². The Labute approximate surface area is 234 Å². The molecule has 214 valence electrons. The second-order valence-electron chi connectivity index (χ2n) is 11.3. The van der Waals surface area contributed by atoms with E-state index in [1.165, 1.54) is 48.1 Å². The van der Waals surface area contributed by atoms with Crippen molar-refractivity contribution < 1.29 is 18.0 Å². The Hall–Kier alpha value is -2.36. The highest BCUT2D eigenvalue weighted by Gasteiger charge is 2.42. The normalized spacial score (nSPS) is 15.3. The number of nitrogens with two attached hydrogens (primary N) is 1. The highest BCUT2D eigenvalue weighted by Crippen LogP contribution is 2.42. The largest absolute Gasteiger partial charge is 0.333 e. The number of nitrogens with one attached hydrogen (secondary N) is 1. The van der Waals surface area contributed by atoms with Crippen LogP contribution in [-0.2, 0) is 5.67 Å². The van der Waals surface area contributed by atoms with Gasteiger partial charge in [-0.2, -0.15) is 0 Å². The van der Waals surface area contributed by atoms with E-state index >= 15 is 0 Å². The van der Waals surface area contributed by atoms with Crippen LogP contribution in [0.1, 0.15) is 95.6 Å². The van der Waals surface area contributed by atoms with Gasteiger partial charge in [0.1, 0.15) is 11.3 Å². The number of carbonyl (C=O) groups is 1. The van der Waals surface area contributed by atoms with Gasteiger partial charge in [-0.05, 0) is 90.2 Å². The average Bonchev–Trinajstić information content (AvgIpc) is 3.23. The molecule has 1 aliphatic rings. The van der Waals surface area contributed by atoms with Crippen molar-refractivity contribution >= 4 is 28.8 Å². The van der Waals surface area contributed by atoms with Crippen molar-refractivity contribution in [3.63, 3.8) is 0 Å². The van der Waals surface area contributed by atoms with Crippen LogP contribution in [-0.4, -0.2) is 33.8 Å². The standard InChI is InChI=1S/C29H36F3N3OS.CH5N/c1-18(36)24-23-16-20(27(2,3)30)17-33-26(23)35(21-10-8-7-9-11-21)25(24)19-12-14-22(15-13-19)37-34-28(4,5)29(6,31)32;1-2/h12-17,21,34H,7-11H2,1-6H3;2H2,1H3. The molecule has 0 aliphatic heterocycles. The van der Waals surface area contributed by atoms with Gasteiger partial charge in [0.05, 0.1) is 16.8 Å². The van der Waals surface area contributed by atoms with Crippen molar-refractivity contribution in [3.8, 4) is 11.3 Å². The molecular formula is C30H41F3N4OS. The Morgan fingerprint density at radius 1 is 1.03 bits per heavy atom. The van der Waals surface area contributed by atoms with Crippen LogP contribution in [0.4, 0.5) is 13.2 Å². The second kappa shape index (κ2) is 12.0. The number of pyridine rings is 1. The van der Waals surface area contributed by atoms with E-state index in [9.17, 15) is 18.0 Å². The summed E-state index contributed by atoms with van der Waals surface area (Å²) in [6, 6.07) is 9.53. The summed E-state index contributed by atoms with van der Waals surface area (Å²) in [6.45, 7) is 8.36. The predicted octanol–water partition coefficient (Wildman–Crippen LogP) is 8.22. The molecule has 1 saturated carbocycles.